The monoisotopic (exact) mass is 202 g/mol. The van der Waals surface area contributed by atoms with Crippen LogP contribution in [0, 0.1) is 0 Å². The zero-order valence-corrected chi connectivity index (χ0v) is 7.93. The number of aliphatic carboxylic acids is 2. The molecular formula is C9H14O5. The molecule has 0 aliphatic carbocycles. The fourth-order valence-corrected chi connectivity index (χ4v) is 0.364. The molecule has 14 heavy (non-hydrogen) atoms. The smallest absolute Gasteiger partial charge is 0.331 e. The Morgan fingerprint density at radius 3 is 1.93 bits per heavy atom. The summed E-state index contributed by atoms with van der Waals surface area (Å²) in [6.45, 7) is 5.05. The SMILES string of the molecule is C=C(CC(=O)O)C(=O)O.CC=CCO. The van der Waals surface area contributed by atoms with Crippen molar-refractivity contribution in [2.45, 2.75) is 13.3 Å². The highest BCUT2D eigenvalue weighted by molar-refractivity contribution is 5.91. The maximum Gasteiger partial charge on any atom is 0.331 e. The van der Waals surface area contributed by atoms with Gasteiger partial charge in [0.05, 0.1) is 13.0 Å². The van der Waals surface area contributed by atoms with Crippen LogP contribution in [0.25, 0.3) is 0 Å². The van der Waals surface area contributed by atoms with Gasteiger partial charge in [0.25, 0.3) is 0 Å². The Hall–Kier alpha value is -1.62. The molecule has 0 spiro atoms. The van der Waals surface area contributed by atoms with E-state index in [4.69, 9.17) is 15.3 Å². The number of hydrogen-bond acceptors (Lipinski definition) is 3. The summed E-state index contributed by atoms with van der Waals surface area (Å²) in [5, 5.41) is 24.1. The third-order valence-corrected chi connectivity index (χ3v) is 1.01. The third kappa shape index (κ3) is 13.0. The average Bonchev–Trinajstić information content (AvgIpc) is 2.05. The van der Waals surface area contributed by atoms with E-state index < -0.39 is 18.4 Å². The van der Waals surface area contributed by atoms with Crippen molar-refractivity contribution in [1.29, 1.82) is 0 Å². The quantitative estimate of drug-likeness (QED) is 0.459. The molecule has 0 radical (unpaired) electrons. The summed E-state index contributed by atoms with van der Waals surface area (Å²) in [5.74, 6) is -2.44. The van der Waals surface area contributed by atoms with Crippen molar-refractivity contribution in [2.24, 2.45) is 0 Å². The molecule has 0 unspecified atom stereocenters. The van der Waals surface area contributed by atoms with Gasteiger partial charge in [0.2, 0.25) is 0 Å². The second kappa shape index (κ2) is 9.47. The van der Waals surface area contributed by atoms with E-state index >= 15 is 0 Å². The Morgan fingerprint density at radius 2 is 1.86 bits per heavy atom. The molecule has 0 amide bonds. The molecule has 5 heteroatoms. The van der Waals surface area contributed by atoms with Crippen LogP contribution in [0.1, 0.15) is 13.3 Å². The number of carboxylic acid groups (broad SMARTS) is 2. The highest BCUT2D eigenvalue weighted by Crippen LogP contribution is 1.95. The predicted octanol–water partition coefficient (Wildman–Crippen LogP) is 0.657. The number of carbonyl (C=O) groups is 2. The van der Waals surface area contributed by atoms with Gasteiger partial charge in [-0.05, 0) is 6.92 Å². The van der Waals surface area contributed by atoms with Crippen LogP contribution in [0.3, 0.4) is 0 Å². The number of allylic oxidation sites excluding steroid dienone is 1. The van der Waals surface area contributed by atoms with Gasteiger partial charge in [-0.3, -0.25) is 4.79 Å². The number of rotatable bonds is 4. The molecule has 0 aromatic rings. The van der Waals surface area contributed by atoms with E-state index in [1.54, 1.807) is 12.2 Å². The van der Waals surface area contributed by atoms with Crippen LogP contribution in [0.5, 0.6) is 0 Å². The molecule has 0 saturated carbocycles. The molecule has 0 aliphatic heterocycles. The molecule has 0 aromatic heterocycles. The number of carboxylic acids is 2. The van der Waals surface area contributed by atoms with Gasteiger partial charge in [-0.2, -0.15) is 0 Å². The Balaban J connectivity index is 0. The number of hydrogen-bond donors (Lipinski definition) is 3. The van der Waals surface area contributed by atoms with Gasteiger partial charge in [-0.25, -0.2) is 4.79 Å². The van der Waals surface area contributed by atoms with Crippen molar-refractivity contribution in [3.05, 3.63) is 24.3 Å². The van der Waals surface area contributed by atoms with Crippen molar-refractivity contribution in [1.82, 2.24) is 0 Å². The Kier molecular flexibility index (Phi) is 10.1. The maximum absolute atomic E-state index is 9.87. The van der Waals surface area contributed by atoms with Gasteiger partial charge in [-0.1, -0.05) is 18.7 Å². The molecule has 0 fully saturated rings. The van der Waals surface area contributed by atoms with Gasteiger partial charge in [0, 0.05) is 5.57 Å². The molecule has 0 rings (SSSR count). The fourth-order valence-electron chi connectivity index (χ4n) is 0.364. The lowest BCUT2D eigenvalue weighted by Gasteiger charge is -1.91. The van der Waals surface area contributed by atoms with E-state index in [9.17, 15) is 9.59 Å². The maximum atomic E-state index is 9.87. The van der Waals surface area contributed by atoms with Gasteiger partial charge < -0.3 is 15.3 Å². The minimum Gasteiger partial charge on any atom is -0.481 e. The van der Waals surface area contributed by atoms with E-state index in [1.807, 2.05) is 6.92 Å². The van der Waals surface area contributed by atoms with Crippen molar-refractivity contribution < 1.29 is 24.9 Å². The molecule has 5 nitrogen and oxygen atoms in total. The summed E-state index contributed by atoms with van der Waals surface area (Å²) >= 11 is 0. The first-order valence-electron chi connectivity index (χ1n) is 3.80. The topological polar surface area (TPSA) is 94.8 Å². The lowest BCUT2D eigenvalue weighted by molar-refractivity contribution is -0.139. The van der Waals surface area contributed by atoms with Crippen LogP contribution in [-0.4, -0.2) is 33.9 Å². The van der Waals surface area contributed by atoms with Crippen molar-refractivity contribution in [3.63, 3.8) is 0 Å². The van der Waals surface area contributed by atoms with E-state index in [0.29, 0.717) is 0 Å². The molecule has 0 aliphatic rings. The van der Waals surface area contributed by atoms with Crippen molar-refractivity contribution >= 4 is 11.9 Å². The minimum atomic E-state index is -1.27. The molecule has 0 heterocycles. The second-order valence-corrected chi connectivity index (χ2v) is 2.23. The van der Waals surface area contributed by atoms with E-state index in [1.165, 1.54) is 0 Å². The van der Waals surface area contributed by atoms with Gasteiger partial charge in [-0.15, -0.1) is 0 Å². The first-order valence-corrected chi connectivity index (χ1v) is 3.80. The number of aliphatic hydroxyl groups is 1. The van der Waals surface area contributed by atoms with E-state index in [2.05, 4.69) is 6.58 Å². The summed E-state index contributed by atoms with van der Waals surface area (Å²) in [4.78, 5) is 19.7. The minimum absolute atomic E-state index is 0.163. The zero-order chi connectivity index (χ0) is 11.6. The van der Waals surface area contributed by atoms with Crippen LogP contribution in [0.15, 0.2) is 24.3 Å². The molecule has 0 saturated heterocycles. The predicted molar refractivity (Wildman–Crippen MR) is 50.9 cm³/mol. The lowest BCUT2D eigenvalue weighted by Crippen LogP contribution is -2.04. The third-order valence-electron chi connectivity index (χ3n) is 1.01. The van der Waals surface area contributed by atoms with E-state index in [-0.39, 0.29) is 12.2 Å². The zero-order valence-electron chi connectivity index (χ0n) is 7.93. The second-order valence-electron chi connectivity index (χ2n) is 2.23. The van der Waals surface area contributed by atoms with Gasteiger partial charge >= 0.3 is 11.9 Å². The highest BCUT2D eigenvalue weighted by Gasteiger charge is 2.07. The van der Waals surface area contributed by atoms with E-state index in [0.717, 1.165) is 0 Å². The molecule has 3 N–H and O–H groups in total. The Labute approximate surface area is 82.0 Å². The van der Waals surface area contributed by atoms with Crippen LogP contribution in [0.4, 0.5) is 0 Å². The normalized spacial score (nSPS) is 9.00. The summed E-state index contributed by atoms with van der Waals surface area (Å²) in [5.41, 5.74) is -0.303. The fraction of sp³-hybridized carbons (Fsp3) is 0.333. The summed E-state index contributed by atoms with van der Waals surface area (Å²) in [6.07, 6.45) is 2.98. The first-order chi connectivity index (χ1) is 6.45. The number of aliphatic hydroxyl groups excluding tert-OH is 1. The largest absolute Gasteiger partial charge is 0.481 e. The van der Waals surface area contributed by atoms with Crippen LogP contribution < -0.4 is 0 Å². The average molecular weight is 202 g/mol. The lowest BCUT2D eigenvalue weighted by atomic mass is 10.2. The van der Waals surface area contributed by atoms with Crippen LogP contribution >= 0.6 is 0 Å². The molecule has 0 bridgehead atoms. The van der Waals surface area contributed by atoms with Gasteiger partial charge in [0.1, 0.15) is 0 Å². The summed E-state index contributed by atoms with van der Waals surface area (Å²) in [6, 6.07) is 0. The summed E-state index contributed by atoms with van der Waals surface area (Å²) < 4.78 is 0. The molecular weight excluding hydrogens is 188 g/mol. The molecule has 0 atom stereocenters. The standard InChI is InChI=1S/C5H6O4.C4H8O/c1-3(5(8)9)2-4(6)7;1-2-3-4-5/h1-2H2,(H,6,7)(H,8,9);2-3,5H,4H2,1H3. The summed E-state index contributed by atoms with van der Waals surface area (Å²) in [7, 11) is 0. The molecule has 80 valence electrons. The first kappa shape index (κ1) is 14.9. The van der Waals surface area contributed by atoms with Crippen LogP contribution in [-0.2, 0) is 9.59 Å². The van der Waals surface area contributed by atoms with Crippen molar-refractivity contribution in [2.75, 3.05) is 6.61 Å². The highest BCUT2D eigenvalue weighted by atomic mass is 16.4. The molecule has 0 aromatic carbocycles. The van der Waals surface area contributed by atoms with Crippen LogP contribution in [0.2, 0.25) is 0 Å². The Morgan fingerprint density at radius 1 is 1.36 bits per heavy atom. The van der Waals surface area contributed by atoms with Crippen molar-refractivity contribution in [3.8, 4) is 0 Å². The van der Waals surface area contributed by atoms with Gasteiger partial charge in [0.15, 0.2) is 0 Å². The Bertz CT molecular complexity index is 229.